The summed E-state index contributed by atoms with van der Waals surface area (Å²) in [6, 6.07) is 0. The quantitative estimate of drug-likeness (QED) is 0.634. The molecule has 0 N–H and O–H groups in total. The topological polar surface area (TPSA) is 12.5 Å². The van der Waals surface area contributed by atoms with Crippen molar-refractivity contribution in [3.05, 3.63) is 0 Å². The summed E-state index contributed by atoms with van der Waals surface area (Å²) < 4.78 is 41.4. The summed E-state index contributed by atoms with van der Waals surface area (Å²) in [5.74, 6) is 0. The second-order valence-corrected chi connectivity index (χ2v) is 3.37. The number of ether oxygens (including phenoxy) is 1. The fraction of sp³-hybridized carbons (Fsp3) is 1.00. The van der Waals surface area contributed by atoms with Crippen LogP contribution in [0, 0.1) is 0 Å². The highest BCUT2D eigenvalue weighted by Gasteiger charge is 2.29. The molecule has 0 radical (unpaired) electrons. The first-order chi connectivity index (χ1) is 6.01. The van der Waals surface area contributed by atoms with Gasteiger partial charge in [0.25, 0.3) is 0 Å². The lowest BCUT2D eigenvalue weighted by Gasteiger charge is -2.35. The van der Waals surface area contributed by atoms with Crippen LogP contribution in [0.5, 0.6) is 0 Å². The minimum Gasteiger partial charge on any atom is -0.448 e. The van der Waals surface area contributed by atoms with E-state index in [9.17, 15) is 12.9 Å². The van der Waals surface area contributed by atoms with E-state index >= 15 is 0 Å². The van der Waals surface area contributed by atoms with Crippen molar-refractivity contribution in [1.29, 1.82) is 0 Å². The first-order valence-corrected chi connectivity index (χ1v) is 4.56. The van der Waals surface area contributed by atoms with Gasteiger partial charge in [0.15, 0.2) is 0 Å². The van der Waals surface area contributed by atoms with Crippen molar-refractivity contribution in [3.8, 4) is 0 Å². The normalized spacial score (nSPS) is 26.3. The largest absolute Gasteiger partial charge is 0.492 e. The number of rotatable bonds is 3. The van der Waals surface area contributed by atoms with E-state index in [-0.39, 0.29) is 6.10 Å². The number of morpholine rings is 1. The molecule has 0 aliphatic carbocycles. The predicted octanol–water partition coefficient (Wildman–Crippen LogP) is 1.48. The maximum absolute atomic E-state index is 12.1. The van der Waals surface area contributed by atoms with Crippen LogP contribution in [-0.4, -0.2) is 44.1 Å². The van der Waals surface area contributed by atoms with E-state index < -0.39 is 13.4 Å². The summed E-state index contributed by atoms with van der Waals surface area (Å²) in [5, 5.41) is 0. The first kappa shape index (κ1) is 10.9. The van der Waals surface area contributed by atoms with Crippen molar-refractivity contribution in [3.63, 3.8) is 0 Å². The zero-order valence-electron chi connectivity index (χ0n) is 7.68. The third kappa shape index (κ3) is 4.00. The molecule has 1 rings (SSSR count). The molecule has 78 valence electrons. The van der Waals surface area contributed by atoms with Crippen molar-refractivity contribution in [1.82, 2.24) is 4.90 Å². The minimum absolute atomic E-state index is 0.0214. The molecular weight excluding hydrogens is 182 g/mol. The van der Waals surface area contributed by atoms with Crippen molar-refractivity contribution >= 4 is 6.98 Å². The lowest BCUT2D eigenvalue weighted by atomic mass is 9.91. The lowest BCUT2D eigenvalue weighted by Crippen LogP contribution is -2.47. The Kier molecular flexibility index (Phi) is 3.61. The van der Waals surface area contributed by atoms with Crippen LogP contribution in [0.1, 0.15) is 13.3 Å². The Morgan fingerprint density at radius 2 is 2.15 bits per heavy atom. The summed E-state index contributed by atoms with van der Waals surface area (Å²) >= 11 is 0. The molecule has 13 heavy (non-hydrogen) atoms. The maximum atomic E-state index is 12.1. The molecule has 1 unspecified atom stereocenters. The van der Waals surface area contributed by atoms with Gasteiger partial charge in [-0.05, 0) is 12.9 Å². The van der Waals surface area contributed by atoms with E-state index in [4.69, 9.17) is 4.74 Å². The third-order valence-electron chi connectivity index (χ3n) is 2.14. The molecule has 1 atom stereocenters. The molecule has 0 spiro atoms. The van der Waals surface area contributed by atoms with E-state index in [1.165, 1.54) is 4.90 Å². The van der Waals surface area contributed by atoms with Gasteiger partial charge < -0.3 is 22.6 Å². The lowest BCUT2D eigenvalue weighted by molar-refractivity contribution is -0.0261. The van der Waals surface area contributed by atoms with Crippen LogP contribution in [0.15, 0.2) is 0 Å². The van der Waals surface area contributed by atoms with Crippen LogP contribution in [-0.2, 0) is 4.74 Å². The highest BCUT2D eigenvalue weighted by molar-refractivity contribution is 6.58. The Bertz CT molecular complexity index is 164. The molecule has 0 saturated carbocycles. The molecule has 0 aromatic heterocycles. The Hall–Kier alpha value is -0.225. The van der Waals surface area contributed by atoms with E-state index in [1.54, 1.807) is 0 Å². The van der Waals surface area contributed by atoms with Gasteiger partial charge in [0.05, 0.1) is 12.7 Å². The van der Waals surface area contributed by atoms with E-state index in [0.29, 0.717) is 19.7 Å². The van der Waals surface area contributed by atoms with Gasteiger partial charge in [-0.25, -0.2) is 0 Å². The van der Waals surface area contributed by atoms with Gasteiger partial charge in [-0.3, -0.25) is 0 Å². The van der Waals surface area contributed by atoms with E-state index in [0.717, 1.165) is 6.42 Å². The SMILES string of the molecule is CCC1CN(C[B-](F)(F)F)CCO1. The molecule has 0 aromatic carbocycles. The van der Waals surface area contributed by atoms with E-state index in [2.05, 4.69) is 0 Å². The van der Waals surface area contributed by atoms with Crippen molar-refractivity contribution in [2.45, 2.75) is 19.4 Å². The molecule has 0 bridgehead atoms. The maximum Gasteiger partial charge on any atom is 0.492 e. The molecule has 1 aliphatic rings. The standard InChI is InChI=1S/C7H14BF3NO/c1-2-7-5-12(3-4-13-7)6-8(9,10)11/h7H,2-6H2,1H3/q-1. The number of nitrogens with zero attached hydrogens (tertiary/aromatic N) is 1. The molecule has 1 saturated heterocycles. The van der Waals surface area contributed by atoms with Gasteiger partial charge in [0.1, 0.15) is 0 Å². The summed E-state index contributed by atoms with van der Waals surface area (Å²) in [6.07, 6.45) is 0.00760. The molecule has 1 aliphatic heterocycles. The van der Waals surface area contributed by atoms with Gasteiger partial charge in [0.2, 0.25) is 0 Å². The fourth-order valence-corrected chi connectivity index (χ4v) is 1.49. The average Bonchev–Trinajstić information content (AvgIpc) is 2.01. The van der Waals surface area contributed by atoms with E-state index in [1.807, 2.05) is 6.92 Å². The summed E-state index contributed by atoms with van der Waals surface area (Å²) in [4.78, 5) is 1.43. The second-order valence-electron chi connectivity index (χ2n) is 3.37. The van der Waals surface area contributed by atoms with Crippen molar-refractivity contribution < 1.29 is 17.7 Å². The van der Waals surface area contributed by atoms with Crippen molar-refractivity contribution in [2.75, 3.05) is 26.1 Å². The van der Waals surface area contributed by atoms with Crippen molar-refractivity contribution in [2.24, 2.45) is 0 Å². The monoisotopic (exact) mass is 196 g/mol. The zero-order valence-corrected chi connectivity index (χ0v) is 7.68. The van der Waals surface area contributed by atoms with Crippen LogP contribution >= 0.6 is 0 Å². The van der Waals surface area contributed by atoms with Crippen LogP contribution in [0.4, 0.5) is 12.9 Å². The van der Waals surface area contributed by atoms with Gasteiger partial charge >= 0.3 is 6.98 Å². The van der Waals surface area contributed by atoms with Crippen LogP contribution in [0.2, 0.25) is 0 Å². The number of hydrogen-bond donors (Lipinski definition) is 0. The summed E-state index contributed by atoms with van der Waals surface area (Å²) in [5.41, 5.74) is 0. The highest BCUT2D eigenvalue weighted by Crippen LogP contribution is 2.14. The Balaban J connectivity index is 2.34. The summed E-state index contributed by atoms with van der Waals surface area (Å²) in [7, 11) is 0. The summed E-state index contributed by atoms with van der Waals surface area (Å²) in [6.45, 7) is -1.53. The number of hydrogen-bond acceptors (Lipinski definition) is 2. The third-order valence-corrected chi connectivity index (χ3v) is 2.14. The Morgan fingerprint density at radius 1 is 1.46 bits per heavy atom. The smallest absolute Gasteiger partial charge is 0.448 e. The van der Waals surface area contributed by atoms with Crippen LogP contribution < -0.4 is 0 Å². The fourth-order valence-electron chi connectivity index (χ4n) is 1.49. The first-order valence-electron chi connectivity index (χ1n) is 4.56. The molecular formula is C7H14BF3NO-. The molecule has 6 heteroatoms. The molecule has 2 nitrogen and oxygen atoms in total. The van der Waals surface area contributed by atoms with Gasteiger partial charge in [-0.1, -0.05) is 6.92 Å². The Morgan fingerprint density at radius 3 is 2.69 bits per heavy atom. The molecule has 1 fully saturated rings. The second kappa shape index (κ2) is 4.33. The van der Waals surface area contributed by atoms with Gasteiger partial charge in [-0.2, -0.15) is 0 Å². The zero-order chi connectivity index (χ0) is 9.90. The molecule has 0 aromatic rings. The molecule has 0 amide bonds. The van der Waals surface area contributed by atoms with Crippen LogP contribution in [0.3, 0.4) is 0 Å². The van der Waals surface area contributed by atoms with Gasteiger partial charge in [-0.15, -0.1) is 0 Å². The van der Waals surface area contributed by atoms with Gasteiger partial charge in [0, 0.05) is 13.1 Å². The predicted molar refractivity (Wildman–Crippen MR) is 45.5 cm³/mol. The Labute approximate surface area is 76.1 Å². The minimum atomic E-state index is -4.69. The molecule has 1 heterocycles. The van der Waals surface area contributed by atoms with Crippen LogP contribution in [0.25, 0.3) is 0 Å². The average molecular weight is 196 g/mol. The number of halogens is 3. The highest BCUT2D eigenvalue weighted by atomic mass is 19.4.